The molecule has 2 amide bonds. The van der Waals surface area contributed by atoms with Crippen LogP contribution in [0.4, 0.5) is 5.69 Å². The van der Waals surface area contributed by atoms with E-state index in [0.717, 1.165) is 11.4 Å². The highest BCUT2D eigenvalue weighted by atomic mass is 16.2. The van der Waals surface area contributed by atoms with Gasteiger partial charge in [0.25, 0.3) is 5.91 Å². The molecule has 1 N–H and O–H groups in total. The van der Waals surface area contributed by atoms with Gasteiger partial charge in [-0.15, -0.1) is 0 Å². The molecule has 0 spiro atoms. The number of nitrogens with one attached hydrogen (secondary N) is 1. The van der Waals surface area contributed by atoms with E-state index in [4.69, 9.17) is 0 Å². The normalized spacial score (nSPS) is 26.6. The lowest BCUT2D eigenvalue weighted by Crippen LogP contribution is -2.69. The molecule has 1 aromatic heterocycles. The van der Waals surface area contributed by atoms with Crippen molar-refractivity contribution < 1.29 is 9.59 Å². The SMILES string of the molecule is CCC1C(=O)NC(C)(CC)C(=O)N1c1cccnc1C. The lowest BCUT2D eigenvalue weighted by atomic mass is 9.90. The van der Waals surface area contributed by atoms with Crippen LogP contribution < -0.4 is 10.2 Å². The number of hydrogen-bond donors (Lipinski definition) is 1. The number of carbonyl (C=O) groups is 2. The van der Waals surface area contributed by atoms with Gasteiger partial charge >= 0.3 is 0 Å². The number of carbonyl (C=O) groups excluding carboxylic acids is 2. The molecule has 20 heavy (non-hydrogen) atoms. The molecule has 5 heteroatoms. The van der Waals surface area contributed by atoms with E-state index in [9.17, 15) is 9.59 Å². The minimum atomic E-state index is -0.842. The lowest BCUT2D eigenvalue weighted by molar-refractivity contribution is -0.138. The monoisotopic (exact) mass is 275 g/mol. The van der Waals surface area contributed by atoms with Crippen LogP contribution in [-0.4, -0.2) is 28.4 Å². The van der Waals surface area contributed by atoms with Gasteiger partial charge in [0.15, 0.2) is 0 Å². The highest BCUT2D eigenvalue weighted by Gasteiger charge is 2.47. The van der Waals surface area contributed by atoms with Crippen molar-refractivity contribution in [3.63, 3.8) is 0 Å². The van der Waals surface area contributed by atoms with E-state index in [-0.39, 0.29) is 11.8 Å². The molecule has 2 heterocycles. The molecule has 0 saturated carbocycles. The standard InChI is InChI=1S/C15H21N3O2/c1-5-11-13(19)17-15(4,6-2)14(20)18(11)12-8-7-9-16-10(12)3/h7-9,11H,5-6H2,1-4H3,(H,17,19). The zero-order valence-corrected chi connectivity index (χ0v) is 12.4. The lowest BCUT2D eigenvalue weighted by Gasteiger charge is -2.44. The third-order valence-corrected chi connectivity index (χ3v) is 4.04. The van der Waals surface area contributed by atoms with Crippen molar-refractivity contribution in [3.8, 4) is 0 Å². The molecule has 2 rings (SSSR count). The van der Waals surface area contributed by atoms with Crippen molar-refractivity contribution in [2.75, 3.05) is 4.90 Å². The van der Waals surface area contributed by atoms with Gasteiger partial charge < -0.3 is 5.32 Å². The third kappa shape index (κ3) is 2.17. The minimum Gasteiger partial charge on any atom is -0.340 e. The summed E-state index contributed by atoms with van der Waals surface area (Å²) in [7, 11) is 0. The van der Waals surface area contributed by atoms with Crippen LogP contribution in [-0.2, 0) is 9.59 Å². The van der Waals surface area contributed by atoms with Crippen LogP contribution in [0.2, 0.25) is 0 Å². The van der Waals surface area contributed by atoms with Crippen LogP contribution in [0.25, 0.3) is 0 Å². The number of pyridine rings is 1. The van der Waals surface area contributed by atoms with E-state index in [1.807, 2.05) is 26.8 Å². The molecule has 2 atom stereocenters. The van der Waals surface area contributed by atoms with Gasteiger partial charge in [0, 0.05) is 6.20 Å². The molecule has 1 aliphatic heterocycles. The molecule has 0 aromatic carbocycles. The average Bonchev–Trinajstić information content (AvgIpc) is 2.43. The summed E-state index contributed by atoms with van der Waals surface area (Å²) in [6.07, 6.45) is 2.82. The van der Waals surface area contributed by atoms with E-state index >= 15 is 0 Å². The number of amides is 2. The van der Waals surface area contributed by atoms with Crippen molar-refractivity contribution in [3.05, 3.63) is 24.0 Å². The smallest absolute Gasteiger partial charge is 0.253 e. The number of aromatic nitrogens is 1. The molecule has 0 radical (unpaired) electrons. The maximum Gasteiger partial charge on any atom is 0.253 e. The summed E-state index contributed by atoms with van der Waals surface area (Å²) >= 11 is 0. The second-order valence-corrected chi connectivity index (χ2v) is 5.38. The number of aryl methyl sites for hydroxylation is 1. The highest BCUT2D eigenvalue weighted by Crippen LogP contribution is 2.29. The Labute approximate surface area is 119 Å². The molecular formula is C15H21N3O2. The Morgan fingerprint density at radius 1 is 1.40 bits per heavy atom. The largest absolute Gasteiger partial charge is 0.340 e. The Balaban J connectivity index is 2.53. The first-order chi connectivity index (χ1) is 9.44. The second kappa shape index (κ2) is 5.23. The Morgan fingerprint density at radius 3 is 2.65 bits per heavy atom. The fourth-order valence-electron chi connectivity index (χ4n) is 2.55. The van der Waals surface area contributed by atoms with Crippen LogP contribution in [0.3, 0.4) is 0 Å². The fraction of sp³-hybridized carbons (Fsp3) is 0.533. The number of rotatable bonds is 3. The van der Waals surface area contributed by atoms with Gasteiger partial charge in [0.05, 0.1) is 11.4 Å². The van der Waals surface area contributed by atoms with Crippen molar-refractivity contribution >= 4 is 17.5 Å². The first-order valence-corrected chi connectivity index (χ1v) is 7.02. The quantitative estimate of drug-likeness (QED) is 0.915. The van der Waals surface area contributed by atoms with E-state index in [0.29, 0.717) is 12.8 Å². The van der Waals surface area contributed by atoms with Gasteiger partial charge in [-0.05, 0) is 38.8 Å². The van der Waals surface area contributed by atoms with Crippen LogP contribution >= 0.6 is 0 Å². The topological polar surface area (TPSA) is 62.3 Å². The Hall–Kier alpha value is -1.91. The molecule has 0 bridgehead atoms. The Morgan fingerprint density at radius 2 is 2.10 bits per heavy atom. The minimum absolute atomic E-state index is 0.0671. The van der Waals surface area contributed by atoms with Gasteiger partial charge in [-0.1, -0.05) is 13.8 Å². The van der Waals surface area contributed by atoms with Crippen molar-refractivity contribution in [2.45, 2.75) is 52.1 Å². The molecule has 2 unspecified atom stereocenters. The summed E-state index contributed by atoms with van der Waals surface area (Å²) < 4.78 is 0. The van der Waals surface area contributed by atoms with Crippen LogP contribution in [0.1, 0.15) is 39.3 Å². The maximum atomic E-state index is 12.8. The van der Waals surface area contributed by atoms with Crippen LogP contribution in [0.5, 0.6) is 0 Å². The number of piperazine rings is 1. The summed E-state index contributed by atoms with van der Waals surface area (Å²) in [6.45, 7) is 7.44. The molecule has 1 aliphatic rings. The summed E-state index contributed by atoms with van der Waals surface area (Å²) in [4.78, 5) is 31.0. The summed E-state index contributed by atoms with van der Waals surface area (Å²) in [5, 5.41) is 2.86. The Kier molecular flexibility index (Phi) is 3.79. The van der Waals surface area contributed by atoms with Gasteiger partial charge in [0.1, 0.15) is 11.6 Å². The van der Waals surface area contributed by atoms with Gasteiger partial charge in [-0.25, -0.2) is 0 Å². The van der Waals surface area contributed by atoms with Crippen molar-refractivity contribution in [2.24, 2.45) is 0 Å². The summed E-state index contributed by atoms with van der Waals surface area (Å²) in [5.41, 5.74) is 0.636. The van der Waals surface area contributed by atoms with E-state index in [2.05, 4.69) is 10.3 Å². The molecule has 1 saturated heterocycles. The molecule has 0 aliphatic carbocycles. The fourth-order valence-corrected chi connectivity index (χ4v) is 2.55. The van der Waals surface area contributed by atoms with Crippen LogP contribution in [0, 0.1) is 6.92 Å². The molecule has 1 aromatic rings. The number of nitrogens with zero attached hydrogens (tertiary/aromatic N) is 2. The van der Waals surface area contributed by atoms with Crippen molar-refractivity contribution in [1.82, 2.24) is 10.3 Å². The van der Waals surface area contributed by atoms with Gasteiger partial charge in [-0.3, -0.25) is 19.5 Å². The maximum absolute atomic E-state index is 12.8. The summed E-state index contributed by atoms with van der Waals surface area (Å²) in [5.74, 6) is -0.165. The number of hydrogen-bond acceptors (Lipinski definition) is 3. The second-order valence-electron chi connectivity index (χ2n) is 5.38. The van der Waals surface area contributed by atoms with E-state index in [1.165, 1.54) is 0 Å². The zero-order chi connectivity index (χ0) is 14.9. The molecule has 108 valence electrons. The van der Waals surface area contributed by atoms with Crippen molar-refractivity contribution in [1.29, 1.82) is 0 Å². The first kappa shape index (κ1) is 14.5. The van der Waals surface area contributed by atoms with Crippen LogP contribution in [0.15, 0.2) is 18.3 Å². The van der Waals surface area contributed by atoms with E-state index < -0.39 is 11.6 Å². The summed E-state index contributed by atoms with van der Waals surface area (Å²) in [6, 6.07) is 3.17. The molecule has 1 fully saturated rings. The average molecular weight is 275 g/mol. The predicted molar refractivity (Wildman–Crippen MR) is 77.4 cm³/mol. The Bertz CT molecular complexity index is 544. The number of anilines is 1. The molecule has 5 nitrogen and oxygen atoms in total. The zero-order valence-electron chi connectivity index (χ0n) is 12.4. The van der Waals surface area contributed by atoms with Gasteiger partial charge in [0.2, 0.25) is 5.91 Å². The molecular weight excluding hydrogens is 254 g/mol. The van der Waals surface area contributed by atoms with E-state index in [1.54, 1.807) is 24.1 Å². The first-order valence-electron chi connectivity index (χ1n) is 7.02. The predicted octanol–water partition coefficient (Wildman–Crippen LogP) is 1.80. The third-order valence-electron chi connectivity index (χ3n) is 4.04. The van der Waals surface area contributed by atoms with Gasteiger partial charge in [-0.2, -0.15) is 0 Å². The highest BCUT2D eigenvalue weighted by molar-refractivity contribution is 6.10.